The summed E-state index contributed by atoms with van der Waals surface area (Å²) < 4.78 is 5.20. The standard InChI is InChI=1S/C11H22N2O2/c1-8(9-5-6-12-7-9)13-10(14)15-11(2,3)4/h8-9,12H,5-7H2,1-4H3,(H,13,14)/t8-,9?/m0/s1. The summed E-state index contributed by atoms with van der Waals surface area (Å²) in [5, 5.41) is 6.16. The largest absolute Gasteiger partial charge is 0.444 e. The molecule has 1 fully saturated rings. The number of ether oxygens (including phenoxy) is 1. The van der Waals surface area contributed by atoms with Crippen LogP contribution < -0.4 is 10.6 Å². The predicted molar refractivity (Wildman–Crippen MR) is 59.8 cm³/mol. The van der Waals surface area contributed by atoms with E-state index in [0.29, 0.717) is 5.92 Å². The highest BCUT2D eigenvalue weighted by molar-refractivity contribution is 5.68. The first kappa shape index (κ1) is 12.3. The van der Waals surface area contributed by atoms with Gasteiger partial charge < -0.3 is 15.4 Å². The van der Waals surface area contributed by atoms with Gasteiger partial charge >= 0.3 is 6.09 Å². The highest BCUT2D eigenvalue weighted by atomic mass is 16.6. The van der Waals surface area contributed by atoms with E-state index >= 15 is 0 Å². The van der Waals surface area contributed by atoms with Gasteiger partial charge in [0, 0.05) is 6.04 Å². The summed E-state index contributed by atoms with van der Waals surface area (Å²) in [6, 6.07) is 0.176. The van der Waals surface area contributed by atoms with Gasteiger partial charge in [0.2, 0.25) is 0 Å². The van der Waals surface area contributed by atoms with E-state index in [4.69, 9.17) is 4.74 Å². The smallest absolute Gasteiger partial charge is 0.407 e. The summed E-state index contributed by atoms with van der Waals surface area (Å²) in [7, 11) is 0. The second-order valence-corrected chi connectivity index (χ2v) is 5.19. The van der Waals surface area contributed by atoms with E-state index in [1.54, 1.807) is 0 Å². The Bertz CT molecular complexity index is 217. The monoisotopic (exact) mass is 214 g/mol. The van der Waals surface area contributed by atoms with Crippen LogP contribution in [0, 0.1) is 5.92 Å². The van der Waals surface area contributed by atoms with Crippen molar-refractivity contribution in [3.63, 3.8) is 0 Å². The number of hydrogen-bond donors (Lipinski definition) is 2. The van der Waals surface area contributed by atoms with Crippen LogP contribution in [-0.4, -0.2) is 30.8 Å². The highest BCUT2D eigenvalue weighted by Crippen LogP contribution is 2.13. The predicted octanol–water partition coefficient (Wildman–Crippen LogP) is 1.51. The van der Waals surface area contributed by atoms with Gasteiger partial charge in [0.05, 0.1) is 0 Å². The Kier molecular flexibility index (Phi) is 3.97. The molecule has 1 aliphatic heterocycles. The van der Waals surface area contributed by atoms with E-state index in [-0.39, 0.29) is 12.1 Å². The Hall–Kier alpha value is -0.770. The maximum atomic E-state index is 11.5. The van der Waals surface area contributed by atoms with Crippen LogP contribution in [0.5, 0.6) is 0 Å². The van der Waals surface area contributed by atoms with E-state index < -0.39 is 5.60 Å². The zero-order valence-corrected chi connectivity index (χ0v) is 10.1. The van der Waals surface area contributed by atoms with Crippen LogP contribution in [0.1, 0.15) is 34.1 Å². The Labute approximate surface area is 91.8 Å². The van der Waals surface area contributed by atoms with Gasteiger partial charge in [-0.15, -0.1) is 0 Å². The number of amides is 1. The zero-order valence-electron chi connectivity index (χ0n) is 10.1. The van der Waals surface area contributed by atoms with Crippen molar-refractivity contribution in [2.24, 2.45) is 5.92 Å². The minimum absolute atomic E-state index is 0.176. The maximum absolute atomic E-state index is 11.5. The topological polar surface area (TPSA) is 50.4 Å². The van der Waals surface area contributed by atoms with Crippen LogP contribution in [0.15, 0.2) is 0 Å². The molecule has 1 aliphatic rings. The van der Waals surface area contributed by atoms with Crippen molar-refractivity contribution in [3.05, 3.63) is 0 Å². The van der Waals surface area contributed by atoms with Gasteiger partial charge in [-0.2, -0.15) is 0 Å². The van der Waals surface area contributed by atoms with Gasteiger partial charge in [0.25, 0.3) is 0 Å². The normalized spacial score (nSPS) is 23.6. The first-order valence-electron chi connectivity index (χ1n) is 5.59. The molecule has 0 aromatic rings. The highest BCUT2D eigenvalue weighted by Gasteiger charge is 2.24. The molecule has 0 aliphatic carbocycles. The van der Waals surface area contributed by atoms with Gasteiger partial charge in [-0.25, -0.2) is 4.79 Å². The molecule has 2 atom stereocenters. The molecular weight excluding hydrogens is 192 g/mol. The fraction of sp³-hybridized carbons (Fsp3) is 0.909. The first-order valence-corrected chi connectivity index (χ1v) is 5.59. The van der Waals surface area contributed by atoms with Gasteiger partial charge in [0.15, 0.2) is 0 Å². The average Bonchev–Trinajstić information content (AvgIpc) is 2.50. The summed E-state index contributed by atoms with van der Waals surface area (Å²) in [5.74, 6) is 0.525. The fourth-order valence-electron chi connectivity index (χ4n) is 1.72. The number of carbonyl (C=O) groups excluding carboxylic acids is 1. The Morgan fingerprint density at radius 2 is 2.20 bits per heavy atom. The number of carbonyl (C=O) groups is 1. The van der Waals surface area contributed by atoms with Crippen molar-refractivity contribution in [1.29, 1.82) is 0 Å². The molecule has 0 aromatic heterocycles. The summed E-state index contributed by atoms with van der Waals surface area (Å²) in [5.41, 5.74) is -0.419. The lowest BCUT2D eigenvalue weighted by molar-refractivity contribution is 0.0494. The zero-order chi connectivity index (χ0) is 11.5. The molecule has 4 heteroatoms. The van der Waals surface area contributed by atoms with Crippen molar-refractivity contribution in [3.8, 4) is 0 Å². The van der Waals surface area contributed by atoms with E-state index in [0.717, 1.165) is 19.5 Å². The molecule has 1 rings (SSSR count). The van der Waals surface area contributed by atoms with Gasteiger partial charge in [-0.05, 0) is 53.1 Å². The van der Waals surface area contributed by atoms with Crippen LogP contribution in [0.4, 0.5) is 4.79 Å². The molecule has 1 heterocycles. The number of alkyl carbamates (subject to hydrolysis) is 1. The molecule has 0 bridgehead atoms. The number of nitrogens with one attached hydrogen (secondary N) is 2. The van der Waals surface area contributed by atoms with Gasteiger partial charge in [-0.1, -0.05) is 0 Å². The first-order chi connectivity index (χ1) is 6.88. The lowest BCUT2D eigenvalue weighted by Gasteiger charge is -2.24. The van der Waals surface area contributed by atoms with Crippen LogP contribution >= 0.6 is 0 Å². The SMILES string of the molecule is C[C@H](NC(=O)OC(C)(C)C)C1CCNC1. The van der Waals surface area contributed by atoms with Crippen molar-refractivity contribution in [2.75, 3.05) is 13.1 Å². The molecule has 4 nitrogen and oxygen atoms in total. The fourth-order valence-corrected chi connectivity index (χ4v) is 1.72. The Morgan fingerprint density at radius 3 is 2.67 bits per heavy atom. The molecule has 0 saturated carbocycles. The molecule has 1 saturated heterocycles. The van der Waals surface area contributed by atoms with Crippen molar-refractivity contribution in [1.82, 2.24) is 10.6 Å². The summed E-state index contributed by atoms with van der Waals surface area (Å²) in [4.78, 5) is 11.5. The quantitative estimate of drug-likeness (QED) is 0.732. The van der Waals surface area contributed by atoms with E-state index in [9.17, 15) is 4.79 Å². The minimum atomic E-state index is -0.419. The second-order valence-electron chi connectivity index (χ2n) is 5.19. The molecule has 0 spiro atoms. The lowest BCUT2D eigenvalue weighted by atomic mass is 10.0. The van der Waals surface area contributed by atoms with Gasteiger partial charge in [0.1, 0.15) is 5.60 Å². The summed E-state index contributed by atoms with van der Waals surface area (Å²) in [6.07, 6.45) is 0.804. The molecule has 0 radical (unpaired) electrons. The van der Waals surface area contributed by atoms with E-state index in [2.05, 4.69) is 10.6 Å². The van der Waals surface area contributed by atoms with Crippen molar-refractivity contribution >= 4 is 6.09 Å². The Morgan fingerprint density at radius 1 is 1.53 bits per heavy atom. The summed E-state index contributed by atoms with van der Waals surface area (Å²) >= 11 is 0. The third-order valence-electron chi connectivity index (χ3n) is 2.55. The third kappa shape index (κ3) is 4.51. The second kappa shape index (κ2) is 4.84. The molecule has 1 unspecified atom stereocenters. The molecule has 1 amide bonds. The molecule has 2 N–H and O–H groups in total. The summed E-state index contributed by atoms with van der Waals surface area (Å²) in [6.45, 7) is 9.67. The van der Waals surface area contributed by atoms with Crippen LogP contribution in [0.25, 0.3) is 0 Å². The maximum Gasteiger partial charge on any atom is 0.407 e. The third-order valence-corrected chi connectivity index (χ3v) is 2.55. The van der Waals surface area contributed by atoms with E-state index in [1.165, 1.54) is 0 Å². The lowest BCUT2D eigenvalue weighted by Crippen LogP contribution is -2.41. The van der Waals surface area contributed by atoms with Crippen LogP contribution in [0.2, 0.25) is 0 Å². The van der Waals surface area contributed by atoms with Crippen LogP contribution in [-0.2, 0) is 4.74 Å². The van der Waals surface area contributed by atoms with E-state index in [1.807, 2.05) is 27.7 Å². The number of rotatable bonds is 2. The van der Waals surface area contributed by atoms with Gasteiger partial charge in [-0.3, -0.25) is 0 Å². The molecular formula is C11H22N2O2. The average molecular weight is 214 g/mol. The minimum Gasteiger partial charge on any atom is -0.444 e. The van der Waals surface area contributed by atoms with Crippen molar-refractivity contribution < 1.29 is 9.53 Å². The molecule has 15 heavy (non-hydrogen) atoms. The van der Waals surface area contributed by atoms with Crippen molar-refractivity contribution in [2.45, 2.75) is 45.8 Å². The Balaban J connectivity index is 2.30. The molecule has 0 aromatic carbocycles. The molecule has 88 valence electrons. The van der Waals surface area contributed by atoms with Crippen LogP contribution in [0.3, 0.4) is 0 Å². The number of hydrogen-bond acceptors (Lipinski definition) is 3.